The van der Waals surface area contributed by atoms with Crippen molar-refractivity contribution < 1.29 is 23.5 Å². The van der Waals surface area contributed by atoms with Crippen LogP contribution in [0, 0.1) is 5.82 Å². The number of nitrogens with one attached hydrogen (secondary N) is 1. The van der Waals surface area contributed by atoms with Gasteiger partial charge in [-0.25, -0.2) is 4.39 Å². The Bertz CT molecular complexity index is 747. The fourth-order valence-corrected chi connectivity index (χ4v) is 2.14. The maximum atomic E-state index is 12.8. The molecule has 0 aromatic heterocycles. The molecule has 2 amide bonds. The number of halogens is 1. The second-order valence-electron chi connectivity index (χ2n) is 5.24. The van der Waals surface area contributed by atoms with E-state index < -0.39 is 5.91 Å². The maximum Gasteiger partial charge on any atom is 0.257 e. The summed E-state index contributed by atoms with van der Waals surface area (Å²) in [6.07, 6.45) is 0.567. The number of methoxy groups -OCH3 is 1. The molecule has 0 saturated heterocycles. The average molecular weight is 346 g/mol. The Kier molecular flexibility index (Phi) is 6.33. The first-order valence-electron chi connectivity index (χ1n) is 7.61. The highest BCUT2D eigenvalue weighted by Crippen LogP contribution is 2.24. The molecule has 0 spiro atoms. The quantitative estimate of drug-likeness (QED) is 0.761. The molecule has 0 heterocycles. The van der Waals surface area contributed by atoms with Crippen molar-refractivity contribution in [3.63, 3.8) is 0 Å². The molecule has 6 nitrogen and oxygen atoms in total. The summed E-state index contributed by atoms with van der Waals surface area (Å²) in [5.74, 6) is -0.642. The third kappa shape index (κ3) is 5.49. The molecule has 0 aliphatic carbocycles. The standard InChI is InChI=1S/C18H19FN2O4/c1-24-14-6-7-15(18(20)23)16(10-14)25-11-17(22)21-9-8-12-2-4-13(19)5-3-12/h2-7,10H,8-9,11H2,1H3,(H2,20,23)(H,21,22). The third-order valence-electron chi connectivity index (χ3n) is 3.46. The van der Waals surface area contributed by atoms with Gasteiger partial charge in [-0.3, -0.25) is 9.59 Å². The normalized spacial score (nSPS) is 10.2. The van der Waals surface area contributed by atoms with Gasteiger partial charge < -0.3 is 20.5 Å². The van der Waals surface area contributed by atoms with Crippen LogP contribution in [0.2, 0.25) is 0 Å². The summed E-state index contributed by atoms with van der Waals surface area (Å²) in [5.41, 5.74) is 6.36. The van der Waals surface area contributed by atoms with E-state index >= 15 is 0 Å². The largest absolute Gasteiger partial charge is 0.497 e. The van der Waals surface area contributed by atoms with Gasteiger partial charge in [0.15, 0.2) is 6.61 Å². The van der Waals surface area contributed by atoms with Crippen LogP contribution in [0.1, 0.15) is 15.9 Å². The predicted molar refractivity (Wildman–Crippen MR) is 90.1 cm³/mol. The summed E-state index contributed by atoms with van der Waals surface area (Å²) >= 11 is 0. The predicted octanol–water partition coefficient (Wildman–Crippen LogP) is 1.67. The molecule has 3 N–H and O–H groups in total. The smallest absolute Gasteiger partial charge is 0.257 e. The molecule has 0 bridgehead atoms. The highest BCUT2D eigenvalue weighted by molar-refractivity contribution is 5.96. The van der Waals surface area contributed by atoms with Crippen molar-refractivity contribution in [2.75, 3.05) is 20.3 Å². The van der Waals surface area contributed by atoms with Gasteiger partial charge in [0, 0.05) is 12.6 Å². The molecule has 2 aromatic rings. The monoisotopic (exact) mass is 346 g/mol. The van der Waals surface area contributed by atoms with Crippen molar-refractivity contribution >= 4 is 11.8 Å². The van der Waals surface area contributed by atoms with Gasteiger partial charge in [0.05, 0.1) is 12.7 Å². The van der Waals surface area contributed by atoms with Crippen LogP contribution in [0.3, 0.4) is 0 Å². The van der Waals surface area contributed by atoms with E-state index in [2.05, 4.69) is 5.32 Å². The summed E-state index contributed by atoms with van der Waals surface area (Å²) < 4.78 is 23.3. The number of rotatable bonds is 8. The minimum atomic E-state index is -0.658. The van der Waals surface area contributed by atoms with Crippen LogP contribution in [0.25, 0.3) is 0 Å². The molecule has 2 rings (SSSR count). The van der Waals surface area contributed by atoms with E-state index in [1.807, 2.05) is 0 Å². The molecular weight excluding hydrogens is 327 g/mol. The Hall–Kier alpha value is -3.09. The number of carbonyl (C=O) groups excluding carboxylic acids is 2. The highest BCUT2D eigenvalue weighted by Gasteiger charge is 2.12. The number of ether oxygens (including phenoxy) is 2. The first-order valence-corrected chi connectivity index (χ1v) is 7.61. The van der Waals surface area contributed by atoms with E-state index in [-0.39, 0.29) is 29.6 Å². The van der Waals surface area contributed by atoms with Crippen LogP contribution >= 0.6 is 0 Å². The summed E-state index contributed by atoms with van der Waals surface area (Å²) in [6, 6.07) is 10.6. The van der Waals surface area contributed by atoms with E-state index in [0.29, 0.717) is 18.7 Å². The molecule has 2 aromatic carbocycles. The fraction of sp³-hybridized carbons (Fsp3) is 0.222. The van der Waals surface area contributed by atoms with Gasteiger partial charge in [-0.2, -0.15) is 0 Å². The Morgan fingerprint density at radius 2 is 1.88 bits per heavy atom. The van der Waals surface area contributed by atoms with Crippen LogP contribution < -0.4 is 20.5 Å². The second-order valence-corrected chi connectivity index (χ2v) is 5.24. The third-order valence-corrected chi connectivity index (χ3v) is 3.46. The molecule has 7 heteroatoms. The zero-order valence-electron chi connectivity index (χ0n) is 13.8. The van der Waals surface area contributed by atoms with E-state index in [4.69, 9.17) is 15.2 Å². The van der Waals surface area contributed by atoms with Gasteiger partial charge in [0.2, 0.25) is 0 Å². The van der Waals surface area contributed by atoms with Crippen molar-refractivity contribution in [2.45, 2.75) is 6.42 Å². The topological polar surface area (TPSA) is 90.7 Å². The number of nitrogens with two attached hydrogens (primary N) is 1. The molecule has 0 aliphatic heterocycles. The number of hydrogen-bond acceptors (Lipinski definition) is 4. The minimum Gasteiger partial charge on any atom is -0.497 e. The molecule has 0 unspecified atom stereocenters. The first kappa shape index (κ1) is 18.3. The Morgan fingerprint density at radius 1 is 1.16 bits per heavy atom. The zero-order chi connectivity index (χ0) is 18.2. The SMILES string of the molecule is COc1ccc(C(N)=O)c(OCC(=O)NCCc2ccc(F)cc2)c1. The molecule has 25 heavy (non-hydrogen) atoms. The molecule has 0 atom stereocenters. The van der Waals surface area contributed by atoms with Gasteiger partial charge in [-0.1, -0.05) is 12.1 Å². The Balaban J connectivity index is 1.85. The summed E-state index contributed by atoms with van der Waals surface area (Å²) in [5, 5.41) is 2.69. The van der Waals surface area contributed by atoms with Gasteiger partial charge >= 0.3 is 0 Å². The lowest BCUT2D eigenvalue weighted by Crippen LogP contribution is -2.31. The van der Waals surface area contributed by atoms with E-state index in [9.17, 15) is 14.0 Å². The molecule has 132 valence electrons. The minimum absolute atomic E-state index is 0.167. The summed E-state index contributed by atoms with van der Waals surface area (Å²) in [7, 11) is 1.48. The lowest BCUT2D eigenvalue weighted by atomic mass is 10.1. The number of amides is 2. The average Bonchev–Trinajstić information content (AvgIpc) is 2.61. The van der Waals surface area contributed by atoms with Crippen molar-refractivity contribution in [2.24, 2.45) is 5.73 Å². The molecule has 0 saturated carbocycles. The molecule has 0 fully saturated rings. The van der Waals surface area contributed by atoms with Crippen LogP contribution in [0.5, 0.6) is 11.5 Å². The molecular formula is C18H19FN2O4. The number of carbonyl (C=O) groups is 2. The summed E-state index contributed by atoms with van der Waals surface area (Å²) in [6.45, 7) is 0.117. The molecule has 0 radical (unpaired) electrons. The van der Waals surface area contributed by atoms with Crippen LogP contribution in [-0.4, -0.2) is 32.1 Å². The van der Waals surface area contributed by atoms with Crippen molar-refractivity contribution in [3.8, 4) is 11.5 Å². The zero-order valence-corrected chi connectivity index (χ0v) is 13.8. The van der Waals surface area contributed by atoms with Crippen molar-refractivity contribution in [1.29, 1.82) is 0 Å². The lowest BCUT2D eigenvalue weighted by molar-refractivity contribution is -0.123. The van der Waals surface area contributed by atoms with Crippen molar-refractivity contribution in [1.82, 2.24) is 5.32 Å². The van der Waals surface area contributed by atoms with Gasteiger partial charge in [-0.15, -0.1) is 0 Å². The van der Waals surface area contributed by atoms with Gasteiger partial charge in [0.25, 0.3) is 11.8 Å². The first-order chi connectivity index (χ1) is 12.0. The van der Waals surface area contributed by atoms with Crippen molar-refractivity contribution in [3.05, 3.63) is 59.4 Å². The number of hydrogen-bond donors (Lipinski definition) is 2. The van der Waals surface area contributed by atoms with E-state index in [0.717, 1.165) is 5.56 Å². The Labute approximate surface area is 144 Å². The van der Waals surface area contributed by atoms with Crippen LogP contribution in [0.15, 0.2) is 42.5 Å². The second kappa shape index (κ2) is 8.68. The van der Waals surface area contributed by atoms with Crippen LogP contribution in [-0.2, 0) is 11.2 Å². The summed E-state index contributed by atoms with van der Waals surface area (Å²) in [4.78, 5) is 23.2. The maximum absolute atomic E-state index is 12.8. The fourth-order valence-electron chi connectivity index (χ4n) is 2.14. The van der Waals surface area contributed by atoms with E-state index in [1.54, 1.807) is 18.2 Å². The van der Waals surface area contributed by atoms with Crippen LogP contribution in [0.4, 0.5) is 4.39 Å². The van der Waals surface area contributed by atoms with Gasteiger partial charge in [-0.05, 0) is 36.2 Å². The Morgan fingerprint density at radius 3 is 2.52 bits per heavy atom. The van der Waals surface area contributed by atoms with Gasteiger partial charge in [0.1, 0.15) is 17.3 Å². The number of benzene rings is 2. The highest BCUT2D eigenvalue weighted by atomic mass is 19.1. The lowest BCUT2D eigenvalue weighted by Gasteiger charge is -2.11. The number of primary amides is 1. The van der Waals surface area contributed by atoms with E-state index in [1.165, 1.54) is 31.4 Å². The molecule has 0 aliphatic rings.